The van der Waals surface area contributed by atoms with Crippen LogP contribution in [-0.2, 0) is 6.54 Å². The van der Waals surface area contributed by atoms with Gasteiger partial charge < -0.3 is 14.6 Å². The van der Waals surface area contributed by atoms with Crippen molar-refractivity contribution in [2.75, 3.05) is 6.54 Å². The van der Waals surface area contributed by atoms with Crippen LogP contribution in [0, 0.1) is 0 Å². The van der Waals surface area contributed by atoms with E-state index in [1.807, 2.05) is 12.1 Å². The summed E-state index contributed by atoms with van der Waals surface area (Å²) in [6.07, 6.45) is 6.81. The van der Waals surface area contributed by atoms with Crippen LogP contribution in [0.2, 0.25) is 0 Å². The van der Waals surface area contributed by atoms with Crippen LogP contribution in [0.3, 0.4) is 0 Å². The van der Waals surface area contributed by atoms with E-state index < -0.39 is 0 Å². The molecule has 3 nitrogen and oxygen atoms in total. The van der Waals surface area contributed by atoms with Gasteiger partial charge in [-0.1, -0.05) is 12.8 Å². The van der Waals surface area contributed by atoms with Crippen LogP contribution in [0.1, 0.15) is 38.4 Å². The van der Waals surface area contributed by atoms with Crippen molar-refractivity contribution in [1.82, 2.24) is 10.2 Å². The fourth-order valence-corrected chi connectivity index (χ4v) is 2.60. The van der Waals surface area contributed by atoms with E-state index in [9.17, 15) is 0 Å². The highest BCUT2D eigenvalue weighted by molar-refractivity contribution is 7.80. The average Bonchev–Trinajstić information content (AvgIpc) is 2.75. The maximum absolute atomic E-state index is 5.46. The van der Waals surface area contributed by atoms with Gasteiger partial charge in [0.05, 0.1) is 12.8 Å². The van der Waals surface area contributed by atoms with Crippen molar-refractivity contribution in [3.05, 3.63) is 24.2 Å². The molecule has 0 amide bonds. The number of thiocarbonyl (C=S) groups is 1. The van der Waals surface area contributed by atoms with Crippen molar-refractivity contribution in [1.29, 1.82) is 0 Å². The number of hydrogen-bond donors (Lipinski definition) is 1. The molecular formula is C13H20N2OS. The lowest BCUT2D eigenvalue weighted by atomic mass is 10.1. The Hall–Kier alpha value is -1.03. The van der Waals surface area contributed by atoms with Crippen LogP contribution in [0.15, 0.2) is 22.8 Å². The molecule has 1 unspecified atom stereocenters. The molecule has 1 fully saturated rings. The zero-order valence-corrected chi connectivity index (χ0v) is 11.1. The summed E-state index contributed by atoms with van der Waals surface area (Å²) in [6, 6.07) is 4.41. The smallest absolute Gasteiger partial charge is 0.169 e. The van der Waals surface area contributed by atoms with Crippen LogP contribution in [-0.4, -0.2) is 22.6 Å². The molecule has 0 bridgehead atoms. The van der Waals surface area contributed by atoms with Gasteiger partial charge in [0.2, 0.25) is 0 Å². The van der Waals surface area contributed by atoms with E-state index in [4.69, 9.17) is 16.6 Å². The zero-order valence-electron chi connectivity index (χ0n) is 10.3. The van der Waals surface area contributed by atoms with Gasteiger partial charge in [0.1, 0.15) is 5.76 Å². The molecule has 2 rings (SSSR count). The molecular weight excluding hydrogens is 232 g/mol. The van der Waals surface area contributed by atoms with Crippen molar-refractivity contribution < 1.29 is 4.42 Å². The molecule has 0 aromatic carbocycles. The number of rotatable bonds is 2. The summed E-state index contributed by atoms with van der Waals surface area (Å²) in [5.41, 5.74) is 0. The van der Waals surface area contributed by atoms with E-state index in [2.05, 4.69) is 17.1 Å². The van der Waals surface area contributed by atoms with Gasteiger partial charge in [-0.3, -0.25) is 0 Å². The Morgan fingerprint density at radius 2 is 2.41 bits per heavy atom. The molecule has 0 spiro atoms. The van der Waals surface area contributed by atoms with Crippen molar-refractivity contribution in [2.45, 2.75) is 45.2 Å². The van der Waals surface area contributed by atoms with Gasteiger partial charge in [0.15, 0.2) is 5.11 Å². The summed E-state index contributed by atoms with van der Waals surface area (Å²) in [7, 11) is 0. The van der Waals surface area contributed by atoms with E-state index >= 15 is 0 Å². The molecule has 1 aromatic heterocycles. The zero-order chi connectivity index (χ0) is 12.1. The Balaban J connectivity index is 1.85. The molecule has 0 radical (unpaired) electrons. The lowest BCUT2D eigenvalue weighted by molar-refractivity contribution is 0.330. The molecule has 1 aliphatic rings. The van der Waals surface area contributed by atoms with Gasteiger partial charge >= 0.3 is 0 Å². The van der Waals surface area contributed by atoms with Crippen molar-refractivity contribution in [3.63, 3.8) is 0 Å². The molecule has 0 aliphatic carbocycles. The Bertz CT molecular complexity index is 350. The second-order valence-electron chi connectivity index (χ2n) is 4.63. The second kappa shape index (κ2) is 6.05. The summed E-state index contributed by atoms with van der Waals surface area (Å²) in [4.78, 5) is 2.31. The van der Waals surface area contributed by atoms with E-state index in [1.54, 1.807) is 6.26 Å². The average molecular weight is 252 g/mol. The van der Waals surface area contributed by atoms with Gasteiger partial charge in [-0.15, -0.1) is 0 Å². The molecule has 1 N–H and O–H groups in total. The Morgan fingerprint density at radius 1 is 1.53 bits per heavy atom. The fourth-order valence-electron chi connectivity index (χ4n) is 2.25. The number of furan rings is 1. The SMILES string of the molecule is CC1CCCCCN1C(=S)NCc1ccco1. The number of nitrogens with zero attached hydrogens (tertiary/aromatic N) is 1. The van der Waals surface area contributed by atoms with Crippen LogP contribution in [0.4, 0.5) is 0 Å². The minimum absolute atomic E-state index is 0.550. The molecule has 1 atom stereocenters. The van der Waals surface area contributed by atoms with E-state index in [0.717, 1.165) is 17.4 Å². The highest BCUT2D eigenvalue weighted by Crippen LogP contribution is 2.16. The highest BCUT2D eigenvalue weighted by Gasteiger charge is 2.18. The van der Waals surface area contributed by atoms with Crippen LogP contribution < -0.4 is 5.32 Å². The molecule has 94 valence electrons. The number of nitrogens with one attached hydrogen (secondary N) is 1. The molecule has 1 aromatic rings. The first kappa shape index (κ1) is 12.4. The minimum Gasteiger partial charge on any atom is -0.467 e. The van der Waals surface area contributed by atoms with Crippen LogP contribution in [0.5, 0.6) is 0 Å². The van der Waals surface area contributed by atoms with Crippen LogP contribution >= 0.6 is 12.2 Å². The maximum Gasteiger partial charge on any atom is 0.169 e. The lowest BCUT2D eigenvalue weighted by Gasteiger charge is -2.29. The van der Waals surface area contributed by atoms with E-state index in [0.29, 0.717) is 12.6 Å². The van der Waals surface area contributed by atoms with Gasteiger partial charge in [-0.2, -0.15) is 0 Å². The Kier molecular flexibility index (Phi) is 4.42. The van der Waals surface area contributed by atoms with Crippen LogP contribution in [0.25, 0.3) is 0 Å². The monoisotopic (exact) mass is 252 g/mol. The predicted octanol–water partition coefficient (Wildman–Crippen LogP) is 2.92. The maximum atomic E-state index is 5.46. The largest absolute Gasteiger partial charge is 0.467 e. The molecule has 0 saturated carbocycles. The predicted molar refractivity (Wildman–Crippen MR) is 72.8 cm³/mol. The molecule has 2 heterocycles. The highest BCUT2D eigenvalue weighted by atomic mass is 32.1. The fraction of sp³-hybridized carbons (Fsp3) is 0.615. The summed E-state index contributed by atoms with van der Waals surface area (Å²) in [5, 5.41) is 4.13. The topological polar surface area (TPSA) is 28.4 Å². The normalized spacial score (nSPS) is 21.0. The Labute approximate surface area is 108 Å². The first-order valence-electron chi connectivity index (χ1n) is 6.34. The lowest BCUT2D eigenvalue weighted by Crippen LogP contribution is -2.44. The van der Waals surface area contributed by atoms with Gasteiger partial charge in [0.25, 0.3) is 0 Å². The third-order valence-corrected chi connectivity index (χ3v) is 3.69. The molecule has 4 heteroatoms. The minimum atomic E-state index is 0.550. The number of hydrogen-bond acceptors (Lipinski definition) is 2. The third-order valence-electron chi connectivity index (χ3n) is 3.31. The molecule has 17 heavy (non-hydrogen) atoms. The quantitative estimate of drug-likeness (QED) is 0.819. The van der Waals surface area contributed by atoms with Gasteiger partial charge in [-0.25, -0.2) is 0 Å². The third kappa shape index (κ3) is 3.46. The first-order chi connectivity index (χ1) is 8.27. The van der Waals surface area contributed by atoms with Crippen molar-refractivity contribution in [3.8, 4) is 0 Å². The van der Waals surface area contributed by atoms with Gasteiger partial charge in [-0.05, 0) is 44.1 Å². The first-order valence-corrected chi connectivity index (χ1v) is 6.75. The molecule has 1 aliphatic heterocycles. The summed E-state index contributed by atoms with van der Waals surface area (Å²) < 4.78 is 5.28. The standard InChI is InChI=1S/C13H20N2OS/c1-11-6-3-2-4-8-15(11)13(17)14-10-12-7-5-9-16-12/h5,7,9,11H,2-4,6,8,10H2,1H3,(H,14,17). The Morgan fingerprint density at radius 3 is 3.18 bits per heavy atom. The van der Waals surface area contributed by atoms with E-state index in [1.165, 1.54) is 25.7 Å². The second-order valence-corrected chi connectivity index (χ2v) is 5.02. The van der Waals surface area contributed by atoms with Gasteiger partial charge in [0, 0.05) is 12.6 Å². The van der Waals surface area contributed by atoms with Crippen molar-refractivity contribution >= 4 is 17.3 Å². The summed E-state index contributed by atoms with van der Waals surface area (Å²) in [6.45, 7) is 4.01. The summed E-state index contributed by atoms with van der Waals surface area (Å²) in [5.74, 6) is 0.926. The number of likely N-dealkylation sites (tertiary alicyclic amines) is 1. The summed E-state index contributed by atoms with van der Waals surface area (Å²) >= 11 is 5.46. The molecule has 1 saturated heterocycles. The van der Waals surface area contributed by atoms with E-state index in [-0.39, 0.29) is 0 Å². The van der Waals surface area contributed by atoms with Crippen molar-refractivity contribution in [2.24, 2.45) is 0 Å².